The summed E-state index contributed by atoms with van der Waals surface area (Å²) in [4.78, 5) is 33.3. The number of carbonyl (C=O) groups excluding carboxylic acids is 2. The second kappa shape index (κ2) is 9.84. The SMILES string of the molecule is CC(C)C(Sc1nc(CC(=O)Nc2ccc(Br)cn2)cs1)C(=O)OC(C)(C)C. The highest BCUT2D eigenvalue weighted by Gasteiger charge is 2.29. The molecule has 2 rings (SSSR count). The number of aromatic nitrogens is 2. The van der Waals surface area contributed by atoms with Crippen molar-refractivity contribution in [1.29, 1.82) is 0 Å². The molecule has 0 aromatic carbocycles. The number of hydrogen-bond acceptors (Lipinski definition) is 7. The lowest BCUT2D eigenvalue weighted by atomic mass is 10.1. The summed E-state index contributed by atoms with van der Waals surface area (Å²) in [5, 5.41) is 4.23. The van der Waals surface area contributed by atoms with Gasteiger partial charge in [-0.3, -0.25) is 9.59 Å². The Kier molecular flexibility index (Phi) is 8.03. The lowest BCUT2D eigenvalue weighted by Crippen LogP contribution is -2.32. The molecule has 1 amide bonds. The molecule has 0 spiro atoms. The van der Waals surface area contributed by atoms with E-state index in [1.807, 2.05) is 46.1 Å². The molecular weight excluding hydrogens is 462 g/mol. The normalized spacial score (nSPS) is 12.7. The molecular formula is C19H24BrN3O3S2. The lowest BCUT2D eigenvalue weighted by molar-refractivity contribution is -0.154. The smallest absolute Gasteiger partial charge is 0.320 e. The predicted octanol–water partition coefficient (Wildman–Crippen LogP) is 4.94. The molecule has 2 aromatic rings. The molecule has 0 aliphatic carbocycles. The summed E-state index contributed by atoms with van der Waals surface area (Å²) < 4.78 is 7.11. The number of hydrogen-bond donors (Lipinski definition) is 1. The Balaban J connectivity index is 1.97. The third kappa shape index (κ3) is 7.52. The first-order valence-electron chi connectivity index (χ1n) is 8.79. The van der Waals surface area contributed by atoms with E-state index in [-0.39, 0.29) is 29.5 Å². The van der Waals surface area contributed by atoms with Crippen LogP contribution >= 0.6 is 39.0 Å². The van der Waals surface area contributed by atoms with Gasteiger partial charge in [-0.15, -0.1) is 11.3 Å². The molecule has 1 unspecified atom stereocenters. The van der Waals surface area contributed by atoms with Crippen molar-refractivity contribution in [3.63, 3.8) is 0 Å². The van der Waals surface area contributed by atoms with Crippen LogP contribution < -0.4 is 5.32 Å². The number of nitrogens with zero attached hydrogens (tertiary/aromatic N) is 2. The standard InChI is InChI=1S/C19H24BrN3O3S2/c1-11(2)16(17(25)26-19(3,4)5)28-18-22-13(10-27-18)8-15(24)23-14-7-6-12(20)9-21-14/h6-7,9-11,16H,8H2,1-5H3,(H,21,23,24). The molecule has 0 saturated carbocycles. The predicted molar refractivity (Wildman–Crippen MR) is 117 cm³/mol. The maximum Gasteiger partial charge on any atom is 0.320 e. The molecule has 152 valence electrons. The Bertz CT molecular complexity index is 817. The van der Waals surface area contributed by atoms with Gasteiger partial charge < -0.3 is 10.1 Å². The van der Waals surface area contributed by atoms with E-state index >= 15 is 0 Å². The fourth-order valence-corrected chi connectivity index (χ4v) is 4.41. The quantitative estimate of drug-likeness (QED) is 0.441. The first-order chi connectivity index (χ1) is 13.0. The number of pyridine rings is 1. The van der Waals surface area contributed by atoms with Gasteiger partial charge in [0.05, 0.1) is 12.1 Å². The zero-order valence-corrected chi connectivity index (χ0v) is 19.7. The number of carbonyl (C=O) groups is 2. The van der Waals surface area contributed by atoms with E-state index in [0.717, 1.165) is 8.81 Å². The Hall–Kier alpha value is -1.45. The zero-order chi connectivity index (χ0) is 20.9. The average Bonchev–Trinajstić information content (AvgIpc) is 2.99. The molecule has 0 radical (unpaired) electrons. The number of nitrogens with one attached hydrogen (secondary N) is 1. The first kappa shape index (κ1) is 22.8. The molecule has 0 aliphatic heterocycles. The highest BCUT2D eigenvalue weighted by atomic mass is 79.9. The summed E-state index contributed by atoms with van der Waals surface area (Å²) in [6, 6.07) is 3.53. The van der Waals surface area contributed by atoms with Crippen LogP contribution in [0.3, 0.4) is 0 Å². The number of halogens is 1. The molecule has 0 bridgehead atoms. The summed E-state index contributed by atoms with van der Waals surface area (Å²) >= 11 is 6.11. The number of ether oxygens (including phenoxy) is 1. The van der Waals surface area contributed by atoms with Crippen LogP contribution in [0.1, 0.15) is 40.3 Å². The summed E-state index contributed by atoms with van der Waals surface area (Å²) in [6.07, 6.45) is 1.77. The van der Waals surface area contributed by atoms with Crippen LogP contribution in [-0.2, 0) is 20.7 Å². The minimum absolute atomic E-state index is 0.0963. The van der Waals surface area contributed by atoms with Crippen LogP contribution in [-0.4, -0.2) is 32.7 Å². The summed E-state index contributed by atoms with van der Waals surface area (Å²) in [6.45, 7) is 9.53. The number of anilines is 1. The molecule has 2 aromatic heterocycles. The number of thioether (sulfide) groups is 1. The molecule has 9 heteroatoms. The van der Waals surface area contributed by atoms with Crippen LogP contribution in [0.25, 0.3) is 0 Å². The number of thiazole rings is 1. The molecule has 2 heterocycles. The maximum atomic E-state index is 12.5. The van der Waals surface area contributed by atoms with E-state index in [9.17, 15) is 9.59 Å². The van der Waals surface area contributed by atoms with Gasteiger partial charge in [0.25, 0.3) is 0 Å². The van der Waals surface area contributed by atoms with Crippen molar-refractivity contribution in [2.75, 3.05) is 5.32 Å². The van der Waals surface area contributed by atoms with Gasteiger partial charge in [-0.1, -0.05) is 25.6 Å². The van der Waals surface area contributed by atoms with E-state index in [1.54, 1.807) is 12.3 Å². The third-order valence-corrected chi connectivity index (χ3v) is 6.35. The first-order valence-corrected chi connectivity index (χ1v) is 11.3. The number of esters is 1. The number of rotatable bonds is 7. The van der Waals surface area contributed by atoms with E-state index < -0.39 is 5.60 Å². The van der Waals surface area contributed by atoms with E-state index in [0.29, 0.717) is 11.5 Å². The van der Waals surface area contributed by atoms with E-state index in [2.05, 4.69) is 31.2 Å². The van der Waals surface area contributed by atoms with Crippen molar-refractivity contribution in [3.05, 3.63) is 33.9 Å². The van der Waals surface area contributed by atoms with Crippen LogP contribution in [0, 0.1) is 5.92 Å². The van der Waals surface area contributed by atoms with Crippen LogP contribution in [0.5, 0.6) is 0 Å². The van der Waals surface area contributed by atoms with Crippen molar-refractivity contribution in [2.45, 2.75) is 56.2 Å². The van der Waals surface area contributed by atoms with Crippen LogP contribution in [0.15, 0.2) is 32.5 Å². The van der Waals surface area contributed by atoms with Crippen molar-refractivity contribution in [3.8, 4) is 0 Å². The Labute approximate surface area is 182 Å². The second-order valence-electron chi connectivity index (χ2n) is 7.51. The molecule has 1 N–H and O–H groups in total. The van der Waals surface area contributed by atoms with Crippen LogP contribution in [0.4, 0.5) is 5.82 Å². The molecule has 1 atom stereocenters. The molecule has 0 fully saturated rings. The zero-order valence-electron chi connectivity index (χ0n) is 16.5. The summed E-state index contributed by atoms with van der Waals surface area (Å²) in [5.41, 5.74) is 0.131. The van der Waals surface area contributed by atoms with Gasteiger partial charge in [0, 0.05) is 16.0 Å². The Morgan fingerprint density at radius 3 is 2.61 bits per heavy atom. The highest BCUT2D eigenvalue weighted by Crippen LogP contribution is 2.32. The highest BCUT2D eigenvalue weighted by molar-refractivity contribution is 9.10. The minimum Gasteiger partial charge on any atom is -0.459 e. The topological polar surface area (TPSA) is 81.2 Å². The fourth-order valence-electron chi connectivity index (χ4n) is 2.15. The van der Waals surface area contributed by atoms with Crippen LogP contribution in [0.2, 0.25) is 0 Å². The van der Waals surface area contributed by atoms with Crippen molar-refractivity contribution >= 4 is 56.7 Å². The second-order valence-corrected chi connectivity index (χ2v) is 10.7. The maximum absolute atomic E-state index is 12.5. The summed E-state index contributed by atoms with van der Waals surface area (Å²) in [7, 11) is 0. The van der Waals surface area contributed by atoms with Gasteiger partial charge in [-0.25, -0.2) is 9.97 Å². The lowest BCUT2D eigenvalue weighted by Gasteiger charge is -2.25. The number of amides is 1. The van der Waals surface area contributed by atoms with E-state index in [4.69, 9.17) is 4.74 Å². The molecule has 6 nitrogen and oxygen atoms in total. The molecule has 28 heavy (non-hydrogen) atoms. The van der Waals surface area contributed by atoms with Crippen molar-refractivity contribution < 1.29 is 14.3 Å². The Morgan fingerprint density at radius 1 is 1.32 bits per heavy atom. The summed E-state index contributed by atoms with van der Waals surface area (Å²) in [5.74, 6) is 0.148. The Morgan fingerprint density at radius 2 is 2.04 bits per heavy atom. The minimum atomic E-state index is -0.530. The van der Waals surface area contributed by atoms with Gasteiger partial charge >= 0.3 is 5.97 Å². The fraction of sp³-hybridized carbons (Fsp3) is 0.474. The van der Waals surface area contributed by atoms with E-state index in [1.165, 1.54) is 23.1 Å². The third-order valence-electron chi connectivity index (χ3n) is 3.34. The van der Waals surface area contributed by atoms with Gasteiger partial charge in [-0.05, 0) is 54.8 Å². The molecule has 0 aliphatic rings. The van der Waals surface area contributed by atoms with Crippen molar-refractivity contribution in [2.24, 2.45) is 5.92 Å². The van der Waals surface area contributed by atoms with Gasteiger partial charge in [0.1, 0.15) is 16.7 Å². The van der Waals surface area contributed by atoms with Gasteiger partial charge in [0.2, 0.25) is 5.91 Å². The van der Waals surface area contributed by atoms with Gasteiger partial charge in [-0.2, -0.15) is 0 Å². The largest absolute Gasteiger partial charge is 0.459 e. The van der Waals surface area contributed by atoms with Crippen molar-refractivity contribution in [1.82, 2.24) is 9.97 Å². The van der Waals surface area contributed by atoms with Gasteiger partial charge in [0.15, 0.2) is 4.34 Å². The monoisotopic (exact) mass is 485 g/mol. The average molecular weight is 486 g/mol. The molecule has 0 saturated heterocycles.